The topological polar surface area (TPSA) is 42.0 Å². The minimum Gasteiger partial charge on any atom is -0.347 e. The van der Waals surface area contributed by atoms with E-state index in [1.807, 2.05) is 0 Å². The number of carbonyl (C=O) groups excluding carboxylic acids is 1. The lowest BCUT2D eigenvalue weighted by atomic mass is 9.74. The molecule has 2 aromatic rings. The van der Waals surface area contributed by atoms with E-state index in [0.717, 1.165) is 18.9 Å². The van der Waals surface area contributed by atoms with Crippen molar-refractivity contribution in [3.8, 4) is 0 Å². The quantitative estimate of drug-likeness (QED) is 0.897. The maximum absolute atomic E-state index is 13.8. The molecular weight excluding hydrogens is 354 g/mol. The summed E-state index contributed by atoms with van der Waals surface area (Å²) in [6.07, 6.45) is 3.06. The maximum atomic E-state index is 13.8. The van der Waals surface area contributed by atoms with E-state index in [2.05, 4.69) is 26.2 Å². The molecule has 114 valence electrons. The first-order valence-corrected chi connectivity index (χ1v) is 7.72. The third-order valence-corrected chi connectivity index (χ3v) is 4.57. The lowest BCUT2D eigenvalue weighted by molar-refractivity contribution is 0.0897. The van der Waals surface area contributed by atoms with Crippen LogP contribution in [0.1, 0.15) is 34.8 Å². The Morgan fingerprint density at radius 1 is 1.27 bits per heavy atom. The second kappa shape index (κ2) is 6.12. The van der Waals surface area contributed by atoms with Gasteiger partial charge in [0.1, 0.15) is 17.3 Å². The fourth-order valence-corrected chi connectivity index (χ4v) is 3.07. The van der Waals surface area contributed by atoms with Gasteiger partial charge in [0.25, 0.3) is 5.91 Å². The average molecular weight is 367 g/mol. The van der Waals surface area contributed by atoms with Crippen molar-refractivity contribution in [1.82, 2.24) is 10.3 Å². The second-order valence-electron chi connectivity index (χ2n) is 5.26. The Balaban J connectivity index is 1.74. The molecular formula is C16H13BrF2N2O. The summed E-state index contributed by atoms with van der Waals surface area (Å²) in [5, 5.41) is 2.87. The minimum atomic E-state index is -0.599. The fraction of sp³-hybridized carbons (Fsp3) is 0.250. The molecule has 0 bridgehead atoms. The van der Waals surface area contributed by atoms with E-state index < -0.39 is 11.6 Å². The summed E-state index contributed by atoms with van der Waals surface area (Å²) in [6, 6.07) is 6.86. The van der Waals surface area contributed by atoms with Crippen LogP contribution in [0, 0.1) is 11.6 Å². The van der Waals surface area contributed by atoms with Crippen LogP contribution in [0.25, 0.3) is 0 Å². The number of amides is 1. The molecule has 0 radical (unpaired) electrons. The number of halogens is 3. The molecule has 6 heteroatoms. The third-order valence-electron chi connectivity index (χ3n) is 3.93. The van der Waals surface area contributed by atoms with Crippen molar-refractivity contribution >= 4 is 21.8 Å². The molecule has 1 aromatic heterocycles. The first-order chi connectivity index (χ1) is 10.6. The predicted octanol–water partition coefficient (Wildman–Crippen LogP) is 3.80. The molecule has 2 atom stereocenters. The van der Waals surface area contributed by atoms with Gasteiger partial charge in [0, 0.05) is 28.7 Å². The maximum Gasteiger partial charge on any atom is 0.271 e. The highest BCUT2D eigenvalue weighted by atomic mass is 79.9. The Kier molecular flexibility index (Phi) is 4.20. The molecule has 1 aromatic carbocycles. The number of aromatic nitrogens is 1. The highest BCUT2D eigenvalue weighted by Crippen LogP contribution is 2.38. The van der Waals surface area contributed by atoms with Gasteiger partial charge in [-0.15, -0.1) is 0 Å². The molecule has 0 unspecified atom stereocenters. The molecule has 1 fully saturated rings. The lowest BCUT2D eigenvalue weighted by Gasteiger charge is -2.37. The molecule has 1 amide bonds. The fourth-order valence-electron chi connectivity index (χ4n) is 2.64. The van der Waals surface area contributed by atoms with Crippen LogP contribution in [-0.4, -0.2) is 16.9 Å². The highest BCUT2D eigenvalue weighted by Gasteiger charge is 2.35. The molecule has 1 aliphatic rings. The van der Waals surface area contributed by atoms with Gasteiger partial charge in [-0.1, -0.05) is 6.07 Å². The van der Waals surface area contributed by atoms with Crippen LogP contribution in [0.3, 0.4) is 0 Å². The van der Waals surface area contributed by atoms with Gasteiger partial charge >= 0.3 is 0 Å². The largest absolute Gasteiger partial charge is 0.347 e. The van der Waals surface area contributed by atoms with E-state index in [1.165, 1.54) is 18.3 Å². The van der Waals surface area contributed by atoms with E-state index >= 15 is 0 Å². The van der Waals surface area contributed by atoms with E-state index in [9.17, 15) is 13.6 Å². The van der Waals surface area contributed by atoms with E-state index in [-0.39, 0.29) is 17.9 Å². The van der Waals surface area contributed by atoms with Crippen molar-refractivity contribution in [2.75, 3.05) is 0 Å². The van der Waals surface area contributed by atoms with E-state index in [1.54, 1.807) is 12.1 Å². The molecule has 3 nitrogen and oxygen atoms in total. The van der Waals surface area contributed by atoms with Crippen molar-refractivity contribution in [3.63, 3.8) is 0 Å². The Bertz CT molecular complexity index is 723. The van der Waals surface area contributed by atoms with Crippen LogP contribution in [0.5, 0.6) is 0 Å². The summed E-state index contributed by atoms with van der Waals surface area (Å²) in [5.41, 5.74) is 0.741. The summed E-state index contributed by atoms with van der Waals surface area (Å²) >= 11 is 3.28. The van der Waals surface area contributed by atoms with Gasteiger partial charge in [-0.25, -0.2) is 13.8 Å². The smallest absolute Gasteiger partial charge is 0.271 e. The first-order valence-electron chi connectivity index (χ1n) is 6.92. The lowest BCUT2D eigenvalue weighted by Crippen LogP contribution is -2.46. The molecule has 0 saturated heterocycles. The van der Waals surface area contributed by atoms with Gasteiger partial charge < -0.3 is 5.32 Å². The Morgan fingerprint density at radius 3 is 2.73 bits per heavy atom. The number of pyridine rings is 1. The zero-order chi connectivity index (χ0) is 15.7. The van der Waals surface area contributed by atoms with Crippen LogP contribution in [0.4, 0.5) is 8.78 Å². The van der Waals surface area contributed by atoms with Gasteiger partial charge in [0.15, 0.2) is 0 Å². The number of hydrogen-bond acceptors (Lipinski definition) is 2. The number of carbonyl (C=O) groups is 1. The van der Waals surface area contributed by atoms with Crippen molar-refractivity contribution in [2.45, 2.75) is 24.8 Å². The summed E-state index contributed by atoms with van der Waals surface area (Å²) in [7, 11) is 0. The van der Waals surface area contributed by atoms with Crippen LogP contribution in [-0.2, 0) is 0 Å². The monoisotopic (exact) mass is 366 g/mol. The van der Waals surface area contributed by atoms with Gasteiger partial charge in [0.2, 0.25) is 0 Å². The molecule has 1 saturated carbocycles. The Morgan fingerprint density at radius 2 is 2.09 bits per heavy atom. The highest BCUT2D eigenvalue weighted by molar-refractivity contribution is 9.10. The normalized spacial score (nSPS) is 20.3. The van der Waals surface area contributed by atoms with Crippen molar-refractivity contribution in [3.05, 3.63) is 63.9 Å². The summed E-state index contributed by atoms with van der Waals surface area (Å²) in [6.45, 7) is 0. The Labute approximate surface area is 134 Å². The molecule has 22 heavy (non-hydrogen) atoms. The van der Waals surface area contributed by atoms with E-state index in [4.69, 9.17) is 0 Å². The molecule has 0 spiro atoms. The van der Waals surface area contributed by atoms with Gasteiger partial charge in [-0.05, 0) is 52.5 Å². The first kappa shape index (κ1) is 15.1. The molecule has 1 heterocycles. The Hall–Kier alpha value is -1.82. The summed E-state index contributed by atoms with van der Waals surface area (Å²) < 4.78 is 27.4. The average Bonchev–Trinajstić information content (AvgIpc) is 2.46. The minimum absolute atomic E-state index is 0.132. The van der Waals surface area contributed by atoms with E-state index in [0.29, 0.717) is 15.7 Å². The van der Waals surface area contributed by atoms with Crippen LogP contribution in [0.15, 0.2) is 41.0 Å². The number of nitrogens with one attached hydrogen (secondary N) is 1. The van der Waals surface area contributed by atoms with Gasteiger partial charge in [0.05, 0.1) is 0 Å². The number of nitrogens with zero attached hydrogens (tertiary/aromatic N) is 1. The predicted molar refractivity (Wildman–Crippen MR) is 81.5 cm³/mol. The zero-order valence-corrected chi connectivity index (χ0v) is 13.1. The number of hydrogen-bond donors (Lipinski definition) is 1. The van der Waals surface area contributed by atoms with Crippen LogP contribution < -0.4 is 5.32 Å². The summed E-state index contributed by atoms with van der Waals surface area (Å²) in [4.78, 5) is 16.3. The molecule has 0 aliphatic heterocycles. The zero-order valence-electron chi connectivity index (χ0n) is 11.5. The molecule has 1 N–H and O–H groups in total. The van der Waals surface area contributed by atoms with Crippen molar-refractivity contribution < 1.29 is 13.6 Å². The third kappa shape index (κ3) is 2.88. The van der Waals surface area contributed by atoms with Gasteiger partial charge in [-0.3, -0.25) is 4.79 Å². The second-order valence-corrected chi connectivity index (χ2v) is 6.12. The van der Waals surface area contributed by atoms with Crippen LogP contribution >= 0.6 is 15.9 Å². The van der Waals surface area contributed by atoms with Crippen molar-refractivity contribution in [1.29, 1.82) is 0 Å². The SMILES string of the molecule is O=C(N[C@H]1CC[C@H]1c1ccc(F)cc1F)c1ncccc1Br. The van der Waals surface area contributed by atoms with Crippen LogP contribution in [0.2, 0.25) is 0 Å². The number of rotatable bonds is 3. The van der Waals surface area contributed by atoms with Gasteiger partial charge in [-0.2, -0.15) is 0 Å². The standard InChI is InChI=1S/C16H13BrF2N2O/c17-12-2-1-7-20-15(12)16(22)21-14-6-5-11(14)10-4-3-9(18)8-13(10)19/h1-4,7-8,11,14H,5-6H2,(H,21,22)/t11-,14-/m0/s1. The number of benzene rings is 1. The van der Waals surface area contributed by atoms with Crippen molar-refractivity contribution in [2.24, 2.45) is 0 Å². The summed E-state index contributed by atoms with van der Waals surface area (Å²) in [5.74, 6) is -1.60. The molecule has 3 rings (SSSR count). The molecule has 1 aliphatic carbocycles.